The zero-order valence-corrected chi connectivity index (χ0v) is 12.9. The number of benzene rings is 1. The molecule has 0 aliphatic carbocycles. The average Bonchev–Trinajstić information content (AvgIpc) is 2.87. The van der Waals surface area contributed by atoms with Crippen LogP contribution in [-0.4, -0.2) is 21.6 Å². The highest BCUT2D eigenvalue weighted by atomic mass is 32.2. The lowest BCUT2D eigenvalue weighted by Gasteiger charge is -2.20. The molecule has 0 saturated heterocycles. The molecule has 0 saturated carbocycles. The van der Waals surface area contributed by atoms with Crippen LogP contribution in [0.5, 0.6) is 11.5 Å². The highest BCUT2D eigenvalue weighted by Gasteiger charge is 2.20. The molecular weight excluding hydrogens is 312 g/mol. The summed E-state index contributed by atoms with van der Waals surface area (Å²) < 4.78 is 38.2. The van der Waals surface area contributed by atoms with E-state index in [9.17, 15) is 8.42 Å². The van der Waals surface area contributed by atoms with Crippen molar-refractivity contribution in [3.8, 4) is 11.5 Å². The molecule has 1 aromatic heterocycles. The fourth-order valence-corrected chi connectivity index (χ4v) is 4.31. The molecule has 1 aliphatic heterocycles. The second kappa shape index (κ2) is 5.12. The number of rotatable bonds is 3. The fourth-order valence-electron chi connectivity index (χ4n) is 1.94. The molecule has 0 atom stereocenters. The van der Waals surface area contributed by atoms with Gasteiger partial charge in [-0.25, -0.2) is 8.42 Å². The van der Waals surface area contributed by atoms with E-state index in [1.807, 2.05) is 6.92 Å². The van der Waals surface area contributed by atoms with Crippen LogP contribution in [0.2, 0.25) is 0 Å². The van der Waals surface area contributed by atoms with Gasteiger partial charge in [-0.3, -0.25) is 4.72 Å². The summed E-state index contributed by atoms with van der Waals surface area (Å²) in [4.78, 5) is 0.922. The van der Waals surface area contributed by atoms with Crippen molar-refractivity contribution < 1.29 is 17.9 Å². The van der Waals surface area contributed by atoms with Crippen molar-refractivity contribution in [3.63, 3.8) is 0 Å². The number of nitrogens with two attached hydrogens (primary N) is 1. The maximum Gasteiger partial charge on any atom is 0.271 e. The number of aryl methyl sites for hydroxylation is 1. The highest BCUT2D eigenvalue weighted by Crippen LogP contribution is 2.38. The summed E-state index contributed by atoms with van der Waals surface area (Å²) in [5, 5.41) is 0. The van der Waals surface area contributed by atoms with E-state index < -0.39 is 10.0 Å². The fraction of sp³-hybridized carbons (Fsp3) is 0.231. The lowest BCUT2D eigenvalue weighted by atomic mass is 10.2. The number of hydrogen-bond donors (Lipinski definition) is 2. The van der Waals surface area contributed by atoms with Crippen molar-refractivity contribution in [1.29, 1.82) is 0 Å². The minimum absolute atomic E-state index is 0.245. The first kappa shape index (κ1) is 14.0. The van der Waals surface area contributed by atoms with Gasteiger partial charge in [-0.15, -0.1) is 11.3 Å². The van der Waals surface area contributed by atoms with Gasteiger partial charge in [-0.05, 0) is 19.1 Å². The molecule has 1 aromatic carbocycles. The van der Waals surface area contributed by atoms with Crippen molar-refractivity contribution in [2.24, 2.45) is 0 Å². The van der Waals surface area contributed by atoms with Gasteiger partial charge in [-0.2, -0.15) is 0 Å². The minimum Gasteiger partial charge on any atom is -0.486 e. The summed E-state index contributed by atoms with van der Waals surface area (Å²) in [7, 11) is -3.65. The summed E-state index contributed by atoms with van der Waals surface area (Å²) in [5.41, 5.74) is 6.45. The van der Waals surface area contributed by atoms with Gasteiger partial charge < -0.3 is 15.2 Å². The molecule has 1 aliphatic rings. The van der Waals surface area contributed by atoms with E-state index in [0.29, 0.717) is 24.7 Å². The van der Waals surface area contributed by atoms with Crippen LogP contribution in [0.1, 0.15) is 4.88 Å². The van der Waals surface area contributed by atoms with Gasteiger partial charge in [0.15, 0.2) is 11.5 Å². The number of nitrogen functional groups attached to an aromatic ring is 1. The maximum atomic E-state index is 12.3. The maximum absolute atomic E-state index is 12.3. The van der Waals surface area contributed by atoms with Crippen LogP contribution in [0.25, 0.3) is 0 Å². The van der Waals surface area contributed by atoms with Crippen molar-refractivity contribution in [2.45, 2.75) is 11.1 Å². The third-order valence-corrected chi connectivity index (χ3v) is 5.80. The zero-order chi connectivity index (χ0) is 15.0. The predicted octanol–water partition coefficient (Wildman–Crippen LogP) is 2.21. The van der Waals surface area contributed by atoms with Crippen LogP contribution in [0.15, 0.2) is 28.5 Å². The van der Waals surface area contributed by atoms with E-state index in [4.69, 9.17) is 15.2 Å². The van der Waals surface area contributed by atoms with Crippen LogP contribution in [0.3, 0.4) is 0 Å². The largest absolute Gasteiger partial charge is 0.486 e. The molecule has 0 amide bonds. The molecule has 6 nitrogen and oxygen atoms in total. The van der Waals surface area contributed by atoms with Crippen LogP contribution < -0.4 is 19.9 Å². The Balaban J connectivity index is 1.94. The standard InChI is InChI=1S/C13H14N2O4S2/c1-8-2-3-13(20-8)21(16,17)15-10-7-12-11(6-9(10)14)18-4-5-19-12/h2-3,6-7,15H,4-5,14H2,1H3. The number of sulfonamides is 1. The Morgan fingerprint density at radius 2 is 1.86 bits per heavy atom. The lowest BCUT2D eigenvalue weighted by molar-refractivity contribution is 0.172. The first-order valence-electron chi connectivity index (χ1n) is 6.24. The molecule has 2 heterocycles. The van der Waals surface area contributed by atoms with E-state index in [1.165, 1.54) is 11.3 Å². The Bertz CT molecular complexity index is 783. The van der Waals surface area contributed by atoms with E-state index >= 15 is 0 Å². The molecule has 112 valence electrons. The van der Waals surface area contributed by atoms with Gasteiger partial charge in [0.05, 0.1) is 11.4 Å². The Morgan fingerprint density at radius 3 is 2.48 bits per heavy atom. The van der Waals surface area contributed by atoms with Crippen molar-refractivity contribution in [1.82, 2.24) is 0 Å². The van der Waals surface area contributed by atoms with Gasteiger partial charge >= 0.3 is 0 Å². The van der Waals surface area contributed by atoms with E-state index in [0.717, 1.165) is 4.88 Å². The normalized spacial score (nSPS) is 14.0. The molecule has 3 rings (SSSR count). The number of nitrogens with one attached hydrogen (secondary N) is 1. The molecule has 0 spiro atoms. The third kappa shape index (κ3) is 2.77. The zero-order valence-electron chi connectivity index (χ0n) is 11.3. The molecule has 0 bridgehead atoms. The second-order valence-electron chi connectivity index (χ2n) is 4.55. The van der Waals surface area contributed by atoms with Crippen LogP contribution in [0.4, 0.5) is 11.4 Å². The van der Waals surface area contributed by atoms with Crippen molar-refractivity contribution in [3.05, 3.63) is 29.1 Å². The van der Waals surface area contributed by atoms with Crippen LogP contribution >= 0.6 is 11.3 Å². The molecule has 0 unspecified atom stereocenters. The summed E-state index contributed by atoms with van der Waals surface area (Å²) in [6, 6.07) is 6.43. The summed E-state index contributed by atoms with van der Waals surface area (Å²) in [6.45, 7) is 2.72. The topological polar surface area (TPSA) is 90.7 Å². The van der Waals surface area contributed by atoms with Crippen molar-refractivity contribution >= 4 is 32.7 Å². The van der Waals surface area contributed by atoms with Gasteiger partial charge in [0.1, 0.15) is 17.4 Å². The van der Waals surface area contributed by atoms with E-state index in [2.05, 4.69) is 4.72 Å². The Kier molecular flexibility index (Phi) is 3.42. The Labute approximate surface area is 126 Å². The number of hydrogen-bond acceptors (Lipinski definition) is 6. The first-order valence-corrected chi connectivity index (χ1v) is 8.54. The number of anilines is 2. The van der Waals surface area contributed by atoms with Crippen LogP contribution in [-0.2, 0) is 10.0 Å². The van der Waals surface area contributed by atoms with Gasteiger partial charge in [0, 0.05) is 17.0 Å². The number of fused-ring (bicyclic) bond motifs is 1. The Hall–Kier alpha value is -1.93. The molecule has 8 heteroatoms. The summed E-state index contributed by atoms with van der Waals surface area (Å²) in [5.74, 6) is 1.00. The lowest BCUT2D eigenvalue weighted by Crippen LogP contribution is -2.17. The van der Waals surface area contributed by atoms with Crippen molar-refractivity contribution in [2.75, 3.05) is 23.7 Å². The molecule has 0 fully saturated rings. The number of thiophene rings is 1. The molecular formula is C13H14N2O4S2. The smallest absolute Gasteiger partial charge is 0.271 e. The minimum atomic E-state index is -3.65. The summed E-state index contributed by atoms with van der Waals surface area (Å²) in [6.07, 6.45) is 0. The second-order valence-corrected chi connectivity index (χ2v) is 7.75. The summed E-state index contributed by atoms with van der Waals surface area (Å²) >= 11 is 1.20. The average molecular weight is 326 g/mol. The molecule has 3 N–H and O–H groups in total. The van der Waals surface area contributed by atoms with Gasteiger partial charge in [-0.1, -0.05) is 0 Å². The molecule has 2 aromatic rings. The van der Waals surface area contributed by atoms with Crippen LogP contribution in [0, 0.1) is 6.92 Å². The molecule has 0 radical (unpaired) electrons. The predicted molar refractivity (Wildman–Crippen MR) is 81.7 cm³/mol. The van der Waals surface area contributed by atoms with Gasteiger partial charge in [0.2, 0.25) is 0 Å². The highest BCUT2D eigenvalue weighted by molar-refractivity contribution is 7.94. The van der Waals surface area contributed by atoms with E-state index in [1.54, 1.807) is 24.3 Å². The van der Waals surface area contributed by atoms with E-state index in [-0.39, 0.29) is 15.6 Å². The van der Waals surface area contributed by atoms with Gasteiger partial charge in [0.25, 0.3) is 10.0 Å². The Morgan fingerprint density at radius 1 is 1.19 bits per heavy atom. The first-order chi connectivity index (χ1) is 9.95. The number of ether oxygens (including phenoxy) is 2. The monoisotopic (exact) mass is 326 g/mol. The quantitative estimate of drug-likeness (QED) is 0.844. The molecule has 21 heavy (non-hydrogen) atoms. The third-order valence-electron chi connectivity index (χ3n) is 2.94. The SMILES string of the molecule is Cc1ccc(S(=O)(=O)Nc2cc3c(cc2N)OCCO3)s1.